The topological polar surface area (TPSA) is 46.5 Å². The lowest BCUT2D eigenvalue weighted by Crippen LogP contribution is -2.01. The van der Waals surface area contributed by atoms with E-state index < -0.39 is 6.10 Å². The minimum atomic E-state index is -0.608. The summed E-state index contributed by atoms with van der Waals surface area (Å²) in [5.74, 6) is -0.364. The van der Waals surface area contributed by atoms with Gasteiger partial charge in [0.05, 0.1) is 12.7 Å². The summed E-state index contributed by atoms with van der Waals surface area (Å²) in [6.45, 7) is 0. The first-order valence-electron chi connectivity index (χ1n) is 5.72. The van der Waals surface area contributed by atoms with Gasteiger partial charge in [0, 0.05) is 0 Å². The van der Waals surface area contributed by atoms with E-state index in [1.807, 2.05) is 24.3 Å². The molecule has 1 atom stereocenters. The van der Waals surface area contributed by atoms with E-state index in [4.69, 9.17) is 4.74 Å². The molecule has 1 unspecified atom stereocenters. The summed E-state index contributed by atoms with van der Waals surface area (Å²) in [6, 6.07) is 12.9. The van der Waals surface area contributed by atoms with Crippen molar-refractivity contribution in [2.45, 2.75) is 6.10 Å². The van der Waals surface area contributed by atoms with Gasteiger partial charge >= 0.3 is 5.97 Å². The third kappa shape index (κ3) is 1.45. The predicted octanol–water partition coefficient (Wildman–Crippen LogP) is 2.54. The zero-order valence-corrected chi connectivity index (χ0v) is 9.88. The van der Waals surface area contributed by atoms with E-state index in [0.717, 1.165) is 22.3 Å². The third-order valence-electron chi connectivity index (χ3n) is 3.31. The van der Waals surface area contributed by atoms with E-state index in [-0.39, 0.29) is 5.97 Å². The quantitative estimate of drug-likeness (QED) is 0.779. The second-order valence-corrected chi connectivity index (χ2v) is 4.28. The number of esters is 1. The van der Waals surface area contributed by atoms with Crippen molar-refractivity contribution in [3.05, 3.63) is 59.2 Å². The molecule has 2 aromatic carbocycles. The first kappa shape index (κ1) is 11.0. The van der Waals surface area contributed by atoms with Crippen LogP contribution < -0.4 is 0 Å². The van der Waals surface area contributed by atoms with Gasteiger partial charge in [-0.1, -0.05) is 30.3 Å². The molecule has 3 rings (SSSR count). The maximum absolute atomic E-state index is 11.5. The van der Waals surface area contributed by atoms with Gasteiger partial charge < -0.3 is 9.84 Å². The Balaban J connectivity index is 2.20. The molecule has 0 saturated heterocycles. The number of ether oxygens (including phenoxy) is 1. The smallest absolute Gasteiger partial charge is 0.337 e. The molecular formula is C15H12O3. The number of hydrogen-bond donors (Lipinski definition) is 1. The van der Waals surface area contributed by atoms with Crippen LogP contribution in [0.2, 0.25) is 0 Å². The maximum atomic E-state index is 11.5. The molecule has 0 heterocycles. The molecule has 3 heteroatoms. The van der Waals surface area contributed by atoms with E-state index >= 15 is 0 Å². The molecule has 3 nitrogen and oxygen atoms in total. The first-order valence-corrected chi connectivity index (χ1v) is 5.72. The number of methoxy groups -OCH3 is 1. The van der Waals surface area contributed by atoms with Crippen LogP contribution in [-0.4, -0.2) is 18.2 Å². The fraction of sp³-hybridized carbons (Fsp3) is 0.133. The Morgan fingerprint density at radius 3 is 2.61 bits per heavy atom. The summed E-state index contributed by atoms with van der Waals surface area (Å²) in [7, 11) is 1.36. The number of rotatable bonds is 1. The van der Waals surface area contributed by atoms with Crippen molar-refractivity contribution in [2.75, 3.05) is 7.11 Å². The fourth-order valence-corrected chi connectivity index (χ4v) is 2.42. The monoisotopic (exact) mass is 240 g/mol. The molecule has 0 aliphatic heterocycles. The highest BCUT2D eigenvalue weighted by Gasteiger charge is 2.27. The summed E-state index contributed by atoms with van der Waals surface area (Å²) in [6.07, 6.45) is -0.608. The van der Waals surface area contributed by atoms with Gasteiger partial charge in [-0.2, -0.15) is 0 Å². The van der Waals surface area contributed by atoms with Crippen LogP contribution >= 0.6 is 0 Å². The van der Waals surface area contributed by atoms with Crippen molar-refractivity contribution in [1.82, 2.24) is 0 Å². The third-order valence-corrected chi connectivity index (χ3v) is 3.31. The van der Waals surface area contributed by atoms with Crippen molar-refractivity contribution in [3.8, 4) is 11.1 Å². The van der Waals surface area contributed by atoms with Gasteiger partial charge in [-0.15, -0.1) is 0 Å². The van der Waals surface area contributed by atoms with Crippen LogP contribution in [0.4, 0.5) is 0 Å². The van der Waals surface area contributed by atoms with E-state index in [0.29, 0.717) is 5.56 Å². The zero-order chi connectivity index (χ0) is 12.7. The van der Waals surface area contributed by atoms with E-state index in [9.17, 15) is 9.90 Å². The van der Waals surface area contributed by atoms with Gasteiger partial charge in [0.25, 0.3) is 0 Å². The van der Waals surface area contributed by atoms with Crippen molar-refractivity contribution in [1.29, 1.82) is 0 Å². The number of carbonyl (C=O) groups is 1. The highest BCUT2D eigenvalue weighted by atomic mass is 16.5. The Bertz CT molecular complexity index is 631. The summed E-state index contributed by atoms with van der Waals surface area (Å²) >= 11 is 0. The van der Waals surface area contributed by atoms with Crippen LogP contribution in [0.1, 0.15) is 27.6 Å². The molecule has 1 aliphatic rings. The van der Waals surface area contributed by atoms with E-state index in [1.54, 1.807) is 18.2 Å². The number of carbonyl (C=O) groups excluding carboxylic acids is 1. The highest BCUT2D eigenvalue weighted by Crippen LogP contribution is 2.43. The minimum absolute atomic E-state index is 0.364. The highest BCUT2D eigenvalue weighted by molar-refractivity contribution is 5.92. The second kappa shape index (κ2) is 3.96. The van der Waals surface area contributed by atoms with Gasteiger partial charge in [0.2, 0.25) is 0 Å². The fourth-order valence-electron chi connectivity index (χ4n) is 2.42. The average molecular weight is 240 g/mol. The Morgan fingerprint density at radius 2 is 1.83 bits per heavy atom. The van der Waals surface area contributed by atoms with Crippen molar-refractivity contribution >= 4 is 5.97 Å². The van der Waals surface area contributed by atoms with Gasteiger partial charge in [0.15, 0.2) is 0 Å². The molecule has 2 aromatic rings. The average Bonchev–Trinajstić information content (AvgIpc) is 2.72. The maximum Gasteiger partial charge on any atom is 0.337 e. The standard InChI is InChI=1S/C15H12O3/c1-18-15(17)9-6-7-12-13(8-9)10-4-2-3-5-11(10)14(12)16/h2-8,14,16H,1H3. The van der Waals surface area contributed by atoms with Crippen LogP contribution in [0.25, 0.3) is 11.1 Å². The zero-order valence-electron chi connectivity index (χ0n) is 9.88. The Labute approximate surface area is 105 Å². The summed E-state index contributed by atoms with van der Waals surface area (Å²) in [5.41, 5.74) is 4.10. The molecule has 0 aromatic heterocycles. The Kier molecular flexibility index (Phi) is 2.42. The van der Waals surface area contributed by atoms with Crippen molar-refractivity contribution in [2.24, 2.45) is 0 Å². The number of aliphatic hydroxyl groups excluding tert-OH is 1. The molecule has 0 fully saturated rings. The second-order valence-electron chi connectivity index (χ2n) is 4.28. The van der Waals surface area contributed by atoms with E-state index in [2.05, 4.69) is 0 Å². The predicted molar refractivity (Wildman–Crippen MR) is 67.3 cm³/mol. The van der Waals surface area contributed by atoms with E-state index in [1.165, 1.54) is 7.11 Å². The summed E-state index contributed by atoms with van der Waals surface area (Å²) in [4.78, 5) is 11.5. The first-order chi connectivity index (χ1) is 8.72. The molecule has 1 aliphatic carbocycles. The van der Waals surface area contributed by atoms with Gasteiger partial charge in [-0.25, -0.2) is 4.79 Å². The lowest BCUT2D eigenvalue weighted by Gasteiger charge is -2.06. The molecule has 18 heavy (non-hydrogen) atoms. The number of hydrogen-bond acceptors (Lipinski definition) is 3. The number of fused-ring (bicyclic) bond motifs is 3. The summed E-state index contributed by atoms with van der Waals surface area (Å²) in [5, 5.41) is 10.2. The minimum Gasteiger partial charge on any atom is -0.465 e. The molecule has 0 amide bonds. The van der Waals surface area contributed by atoms with Crippen LogP contribution in [0.15, 0.2) is 42.5 Å². The van der Waals surface area contributed by atoms with Gasteiger partial charge in [-0.05, 0) is 34.4 Å². The lowest BCUT2D eigenvalue weighted by molar-refractivity contribution is 0.0600. The van der Waals surface area contributed by atoms with Crippen LogP contribution in [0.3, 0.4) is 0 Å². The molecule has 0 saturated carbocycles. The molecule has 0 bridgehead atoms. The molecule has 90 valence electrons. The number of benzene rings is 2. The molecule has 0 radical (unpaired) electrons. The normalized spacial score (nSPS) is 16.0. The van der Waals surface area contributed by atoms with Crippen LogP contribution in [-0.2, 0) is 4.74 Å². The van der Waals surface area contributed by atoms with Gasteiger partial charge in [-0.3, -0.25) is 0 Å². The molecule has 1 N–H and O–H groups in total. The SMILES string of the molecule is COC(=O)c1ccc2c(c1)-c1ccccc1C2O. The lowest BCUT2D eigenvalue weighted by atomic mass is 10.0. The molecular weight excluding hydrogens is 228 g/mol. The van der Waals surface area contributed by atoms with Crippen molar-refractivity contribution < 1.29 is 14.6 Å². The van der Waals surface area contributed by atoms with Gasteiger partial charge in [0.1, 0.15) is 6.10 Å². The van der Waals surface area contributed by atoms with Crippen LogP contribution in [0.5, 0.6) is 0 Å². The summed E-state index contributed by atoms with van der Waals surface area (Å²) < 4.78 is 4.71. The number of aliphatic hydroxyl groups is 1. The van der Waals surface area contributed by atoms with Crippen LogP contribution in [0, 0.1) is 0 Å². The molecule has 0 spiro atoms. The van der Waals surface area contributed by atoms with Crippen molar-refractivity contribution in [3.63, 3.8) is 0 Å². The Morgan fingerprint density at radius 1 is 1.11 bits per heavy atom. The Hall–Kier alpha value is -2.13. The largest absolute Gasteiger partial charge is 0.465 e.